The van der Waals surface area contributed by atoms with E-state index in [4.69, 9.17) is 0 Å². The Bertz CT molecular complexity index is 840. The third-order valence-electron chi connectivity index (χ3n) is 4.11. The van der Waals surface area contributed by atoms with Gasteiger partial charge in [0.05, 0.1) is 6.54 Å². The molecule has 5 nitrogen and oxygen atoms in total. The van der Waals surface area contributed by atoms with E-state index in [1.54, 1.807) is 12.1 Å². The molecule has 0 aliphatic heterocycles. The second kappa shape index (κ2) is 8.79. The molecule has 2 N–H and O–H groups in total. The largest absolute Gasteiger partial charge is 0.351 e. The van der Waals surface area contributed by atoms with Crippen LogP contribution in [0.5, 0.6) is 0 Å². The van der Waals surface area contributed by atoms with Gasteiger partial charge in [0, 0.05) is 17.8 Å². The Morgan fingerprint density at radius 3 is 2.31 bits per heavy atom. The van der Waals surface area contributed by atoms with Crippen LogP contribution in [0, 0.1) is 5.92 Å². The summed E-state index contributed by atoms with van der Waals surface area (Å²) in [6, 6.07) is 11.1. The van der Waals surface area contributed by atoms with Crippen molar-refractivity contribution < 1.29 is 13.2 Å². The molecule has 2 aromatic rings. The molecule has 2 rings (SSSR count). The lowest BCUT2D eigenvalue weighted by molar-refractivity contribution is -0.119. The van der Waals surface area contributed by atoms with Crippen LogP contribution in [0.15, 0.2) is 40.6 Å². The number of aryl methyl sites for hydroxylation is 1. The molecule has 0 aliphatic carbocycles. The molecule has 0 bridgehead atoms. The standard InChI is InChI=1S/C19H26N2O3S2/c1-5-15-6-8-16(9-7-15)19(13(2)3)21-26(23,24)18-11-10-17(25-18)12-20-14(4)22/h6-11,13,19,21H,5,12H2,1-4H3,(H,20,22)/t19-/m0/s1. The van der Waals surface area contributed by atoms with Crippen molar-refractivity contribution in [3.63, 3.8) is 0 Å². The number of benzene rings is 1. The topological polar surface area (TPSA) is 75.3 Å². The maximum absolute atomic E-state index is 12.8. The molecule has 0 unspecified atom stereocenters. The molecule has 1 atom stereocenters. The highest BCUT2D eigenvalue weighted by molar-refractivity contribution is 7.91. The highest BCUT2D eigenvalue weighted by Crippen LogP contribution is 2.27. The summed E-state index contributed by atoms with van der Waals surface area (Å²) in [5.41, 5.74) is 2.18. The Hall–Kier alpha value is -1.70. The quantitative estimate of drug-likeness (QED) is 0.718. The van der Waals surface area contributed by atoms with Crippen LogP contribution in [0.1, 0.15) is 49.7 Å². The molecule has 0 saturated carbocycles. The van der Waals surface area contributed by atoms with Crippen molar-refractivity contribution in [1.82, 2.24) is 10.0 Å². The maximum atomic E-state index is 12.8. The zero-order chi connectivity index (χ0) is 19.3. The monoisotopic (exact) mass is 394 g/mol. The average molecular weight is 395 g/mol. The van der Waals surface area contributed by atoms with Gasteiger partial charge >= 0.3 is 0 Å². The van der Waals surface area contributed by atoms with Gasteiger partial charge in [0.2, 0.25) is 5.91 Å². The number of hydrogen-bond acceptors (Lipinski definition) is 4. The molecule has 1 aromatic heterocycles. The van der Waals surface area contributed by atoms with E-state index in [0.29, 0.717) is 6.54 Å². The fraction of sp³-hybridized carbons (Fsp3) is 0.421. The van der Waals surface area contributed by atoms with Gasteiger partial charge in [-0.1, -0.05) is 45.0 Å². The molecule has 1 aromatic carbocycles. The van der Waals surface area contributed by atoms with Crippen LogP contribution in [0.4, 0.5) is 0 Å². The number of hydrogen-bond donors (Lipinski definition) is 2. The minimum absolute atomic E-state index is 0.107. The van der Waals surface area contributed by atoms with Crippen LogP contribution >= 0.6 is 11.3 Å². The normalized spacial score (nSPS) is 13.0. The van der Waals surface area contributed by atoms with Crippen molar-refractivity contribution >= 4 is 27.3 Å². The molecule has 0 saturated heterocycles. The molecule has 1 heterocycles. The lowest BCUT2D eigenvalue weighted by Crippen LogP contribution is -2.31. The van der Waals surface area contributed by atoms with Gasteiger partial charge in [-0.25, -0.2) is 13.1 Å². The summed E-state index contributed by atoms with van der Waals surface area (Å²) in [6.07, 6.45) is 0.949. The lowest BCUT2D eigenvalue weighted by Gasteiger charge is -2.22. The number of nitrogens with one attached hydrogen (secondary N) is 2. The number of sulfonamides is 1. The Labute approximate surface area is 159 Å². The van der Waals surface area contributed by atoms with E-state index in [9.17, 15) is 13.2 Å². The van der Waals surface area contributed by atoms with Crippen molar-refractivity contribution in [3.05, 3.63) is 52.4 Å². The van der Waals surface area contributed by atoms with Gasteiger partial charge < -0.3 is 5.32 Å². The van der Waals surface area contributed by atoms with Crippen LogP contribution in [-0.2, 0) is 27.8 Å². The number of thiophene rings is 1. The maximum Gasteiger partial charge on any atom is 0.250 e. The molecule has 0 fully saturated rings. The first-order valence-electron chi connectivity index (χ1n) is 8.67. The van der Waals surface area contributed by atoms with Crippen LogP contribution in [0.3, 0.4) is 0 Å². The third kappa shape index (κ3) is 5.40. The first-order chi connectivity index (χ1) is 12.2. The Kier molecular flexibility index (Phi) is 6.97. The SMILES string of the molecule is CCc1ccc([C@@H](NS(=O)(=O)c2ccc(CNC(C)=O)s2)C(C)C)cc1. The second-order valence-corrected chi connectivity index (χ2v) is 9.68. The summed E-state index contributed by atoms with van der Waals surface area (Å²) in [4.78, 5) is 11.8. The summed E-state index contributed by atoms with van der Waals surface area (Å²) in [5, 5.41) is 2.68. The summed E-state index contributed by atoms with van der Waals surface area (Å²) in [5.74, 6) is -0.0348. The summed E-state index contributed by atoms with van der Waals surface area (Å²) in [6.45, 7) is 7.85. The Morgan fingerprint density at radius 1 is 1.12 bits per heavy atom. The Morgan fingerprint density at radius 2 is 1.77 bits per heavy atom. The summed E-state index contributed by atoms with van der Waals surface area (Å²) in [7, 11) is -3.63. The van der Waals surface area contributed by atoms with Gasteiger partial charge in [0.25, 0.3) is 10.0 Å². The number of amides is 1. The van der Waals surface area contributed by atoms with E-state index < -0.39 is 10.0 Å². The molecular formula is C19H26N2O3S2. The predicted octanol–water partition coefficient (Wildman–Crippen LogP) is 3.62. The molecule has 142 valence electrons. The first-order valence-corrected chi connectivity index (χ1v) is 11.0. The number of carbonyl (C=O) groups is 1. The molecule has 7 heteroatoms. The van der Waals surface area contributed by atoms with E-state index >= 15 is 0 Å². The van der Waals surface area contributed by atoms with Gasteiger partial charge in [-0.2, -0.15) is 0 Å². The molecule has 26 heavy (non-hydrogen) atoms. The first kappa shape index (κ1) is 20.6. The van der Waals surface area contributed by atoms with E-state index in [1.807, 2.05) is 38.1 Å². The minimum atomic E-state index is -3.63. The van der Waals surface area contributed by atoms with Gasteiger partial charge in [0.1, 0.15) is 4.21 Å². The summed E-state index contributed by atoms with van der Waals surface area (Å²) >= 11 is 1.17. The van der Waals surface area contributed by atoms with E-state index in [0.717, 1.165) is 16.9 Å². The van der Waals surface area contributed by atoms with Crippen LogP contribution < -0.4 is 10.0 Å². The molecule has 0 spiro atoms. The van der Waals surface area contributed by atoms with Gasteiger partial charge in [-0.15, -0.1) is 11.3 Å². The van der Waals surface area contributed by atoms with E-state index in [1.165, 1.54) is 23.8 Å². The molecule has 0 aliphatic rings. The smallest absolute Gasteiger partial charge is 0.250 e. The Balaban J connectivity index is 2.19. The lowest BCUT2D eigenvalue weighted by atomic mass is 9.96. The van der Waals surface area contributed by atoms with Crippen molar-refractivity contribution in [2.75, 3.05) is 0 Å². The number of carbonyl (C=O) groups excluding carboxylic acids is 1. The third-order valence-corrected chi connectivity index (χ3v) is 7.13. The highest BCUT2D eigenvalue weighted by atomic mass is 32.2. The van der Waals surface area contributed by atoms with Crippen LogP contribution in [-0.4, -0.2) is 14.3 Å². The predicted molar refractivity (Wildman–Crippen MR) is 106 cm³/mol. The van der Waals surface area contributed by atoms with Gasteiger partial charge in [0.15, 0.2) is 0 Å². The van der Waals surface area contributed by atoms with E-state index in [2.05, 4.69) is 17.0 Å². The van der Waals surface area contributed by atoms with Crippen molar-refractivity contribution in [2.45, 2.75) is 50.9 Å². The second-order valence-electron chi connectivity index (χ2n) is 6.57. The average Bonchev–Trinajstić information content (AvgIpc) is 3.08. The fourth-order valence-electron chi connectivity index (χ4n) is 2.58. The van der Waals surface area contributed by atoms with E-state index in [-0.39, 0.29) is 22.1 Å². The van der Waals surface area contributed by atoms with Crippen LogP contribution in [0.2, 0.25) is 0 Å². The highest BCUT2D eigenvalue weighted by Gasteiger charge is 2.25. The zero-order valence-electron chi connectivity index (χ0n) is 15.6. The van der Waals surface area contributed by atoms with Gasteiger partial charge in [-0.05, 0) is 35.6 Å². The minimum Gasteiger partial charge on any atom is -0.351 e. The van der Waals surface area contributed by atoms with Gasteiger partial charge in [-0.3, -0.25) is 4.79 Å². The molecule has 0 radical (unpaired) electrons. The summed E-state index contributed by atoms with van der Waals surface area (Å²) < 4.78 is 28.7. The molecule has 1 amide bonds. The van der Waals surface area contributed by atoms with Crippen molar-refractivity contribution in [1.29, 1.82) is 0 Å². The van der Waals surface area contributed by atoms with Crippen molar-refractivity contribution in [2.24, 2.45) is 5.92 Å². The van der Waals surface area contributed by atoms with Crippen molar-refractivity contribution in [3.8, 4) is 0 Å². The van der Waals surface area contributed by atoms with Crippen LogP contribution in [0.25, 0.3) is 0 Å². The number of rotatable bonds is 8. The molecular weight excluding hydrogens is 368 g/mol. The zero-order valence-corrected chi connectivity index (χ0v) is 17.2. The fourth-order valence-corrected chi connectivity index (χ4v) is 5.27.